The summed E-state index contributed by atoms with van der Waals surface area (Å²) in [4.78, 5) is 21.4. The molecule has 3 aromatic rings. The Morgan fingerprint density at radius 3 is 2.81 bits per heavy atom. The normalized spacial score (nSPS) is 17.7. The molecule has 1 aliphatic carbocycles. The first-order valence-corrected chi connectivity index (χ1v) is 9.21. The molecule has 26 heavy (non-hydrogen) atoms. The van der Waals surface area contributed by atoms with Gasteiger partial charge in [-0.25, -0.2) is 9.97 Å². The number of hydrogen-bond acceptors (Lipinski definition) is 5. The molecule has 0 fully saturated rings. The van der Waals surface area contributed by atoms with E-state index in [1.807, 2.05) is 23.6 Å². The molecular formula is C19H14ClN3O2S. The lowest BCUT2D eigenvalue weighted by Crippen LogP contribution is -2.19. The van der Waals surface area contributed by atoms with Crippen LogP contribution in [0.2, 0.25) is 5.02 Å². The molecule has 5 nitrogen and oxygen atoms in total. The summed E-state index contributed by atoms with van der Waals surface area (Å²) in [6.07, 6.45) is 4.90. The fourth-order valence-corrected chi connectivity index (χ4v) is 4.00. The van der Waals surface area contributed by atoms with Gasteiger partial charge in [0.25, 0.3) is 0 Å². The van der Waals surface area contributed by atoms with E-state index in [-0.39, 0.29) is 11.7 Å². The van der Waals surface area contributed by atoms with Crippen LogP contribution in [0.4, 0.5) is 5.69 Å². The highest BCUT2D eigenvalue weighted by atomic mass is 35.5. The van der Waals surface area contributed by atoms with Gasteiger partial charge < -0.3 is 10.4 Å². The number of benzene rings is 1. The average molecular weight is 384 g/mol. The van der Waals surface area contributed by atoms with Crippen LogP contribution < -0.4 is 5.32 Å². The van der Waals surface area contributed by atoms with Crippen molar-refractivity contribution < 1.29 is 9.90 Å². The van der Waals surface area contributed by atoms with Gasteiger partial charge in [-0.15, -0.1) is 11.3 Å². The SMILES string of the molecule is O=C(Nc1cncnc1)C1C/C(=C(\O)c2cccs2)c2cc(Cl)ccc21. The van der Waals surface area contributed by atoms with Crippen LogP contribution in [0.5, 0.6) is 0 Å². The highest BCUT2D eigenvalue weighted by Gasteiger charge is 2.34. The minimum Gasteiger partial charge on any atom is -0.506 e. The number of carbonyl (C=O) groups excluding carboxylic acids is 1. The number of fused-ring (bicyclic) bond motifs is 1. The van der Waals surface area contributed by atoms with Crippen LogP contribution in [0, 0.1) is 0 Å². The second kappa shape index (κ2) is 6.90. The van der Waals surface area contributed by atoms with Crippen molar-refractivity contribution in [2.45, 2.75) is 12.3 Å². The number of carbonyl (C=O) groups is 1. The van der Waals surface area contributed by atoms with E-state index < -0.39 is 5.92 Å². The zero-order valence-electron chi connectivity index (χ0n) is 13.5. The number of nitrogens with zero attached hydrogens (tertiary/aromatic N) is 2. The molecule has 1 aromatic carbocycles. The first-order valence-electron chi connectivity index (χ1n) is 7.95. The molecule has 1 unspecified atom stereocenters. The number of hydrogen-bond donors (Lipinski definition) is 2. The van der Waals surface area contributed by atoms with Gasteiger partial charge in [-0.05, 0) is 41.1 Å². The van der Waals surface area contributed by atoms with E-state index in [9.17, 15) is 9.90 Å². The minimum absolute atomic E-state index is 0.169. The second-order valence-corrected chi connectivity index (χ2v) is 7.29. The minimum atomic E-state index is -0.417. The zero-order chi connectivity index (χ0) is 18.1. The third-order valence-electron chi connectivity index (χ3n) is 4.31. The Bertz CT molecular complexity index is 987. The summed E-state index contributed by atoms with van der Waals surface area (Å²) in [6.45, 7) is 0. The van der Waals surface area contributed by atoms with Crippen LogP contribution in [0.1, 0.15) is 28.3 Å². The van der Waals surface area contributed by atoms with Crippen molar-refractivity contribution in [3.8, 4) is 0 Å². The van der Waals surface area contributed by atoms with E-state index in [1.165, 1.54) is 17.7 Å². The molecule has 2 aromatic heterocycles. The first-order chi connectivity index (χ1) is 12.6. The Balaban J connectivity index is 1.73. The molecule has 2 N–H and O–H groups in total. The molecule has 7 heteroatoms. The highest BCUT2D eigenvalue weighted by Crippen LogP contribution is 2.45. The molecule has 1 amide bonds. The van der Waals surface area contributed by atoms with Gasteiger partial charge in [0.1, 0.15) is 12.1 Å². The Hall–Kier alpha value is -2.70. The van der Waals surface area contributed by atoms with E-state index in [4.69, 9.17) is 11.6 Å². The smallest absolute Gasteiger partial charge is 0.232 e. The van der Waals surface area contributed by atoms with Crippen LogP contribution in [0.3, 0.4) is 0 Å². The number of halogens is 1. The summed E-state index contributed by atoms with van der Waals surface area (Å²) in [6, 6.07) is 9.14. The van der Waals surface area contributed by atoms with Crippen molar-refractivity contribution >= 4 is 45.9 Å². The summed E-state index contributed by atoms with van der Waals surface area (Å²) >= 11 is 7.61. The quantitative estimate of drug-likeness (QED) is 0.640. The summed E-state index contributed by atoms with van der Waals surface area (Å²) in [5.74, 6) is -0.390. The van der Waals surface area contributed by atoms with Crippen molar-refractivity contribution in [2.75, 3.05) is 5.32 Å². The summed E-state index contributed by atoms with van der Waals surface area (Å²) < 4.78 is 0. The maximum atomic E-state index is 12.8. The number of anilines is 1. The monoisotopic (exact) mass is 383 g/mol. The number of allylic oxidation sites excluding steroid dienone is 1. The van der Waals surface area contributed by atoms with Gasteiger partial charge >= 0.3 is 0 Å². The Morgan fingerprint density at radius 1 is 1.27 bits per heavy atom. The number of aliphatic hydroxyl groups excluding tert-OH is 1. The van der Waals surface area contributed by atoms with Gasteiger partial charge in [-0.2, -0.15) is 0 Å². The van der Waals surface area contributed by atoms with Gasteiger partial charge in [0, 0.05) is 10.6 Å². The highest BCUT2D eigenvalue weighted by molar-refractivity contribution is 7.11. The standard InChI is InChI=1S/C19H14ClN3O2S/c20-11-3-4-13-14(6-11)15(18(24)17-2-1-5-26-17)7-16(13)19(25)23-12-8-21-10-22-9-12/h1-6,8-10,16,24H,7H2,(H,23,25)/b18-15+. The van der Waals surface area contributed by atoms with Gasteiger partial charge in [0.15, 0.2) is 0 Å². The van der Waals surface area contributed by atoms with Crippen LogP contribution >= 0.6 is 22.9 Å². The first kappa shape index (κ1) is 16.8. The molecule has 2 heterocycles. The maximum Gasteiger partial charge on any atom is 0.232 e. The van der Waals surface area contributed by atoms with Gasteiger partial charge in [-0.3, -0.25) is 4.79 Å². The number of aliphatic hydroxyl groups is 1. The Kier molecular flexibility index (Phi) is 4.44. The van der Waals surface area contributed by atoms with E-state index in [1.54, 1.807) is 24.5 Å². The molecule has 130 valence electrons. The van der Waals surface area contributed by atoms with Crippen LogP contribution in [0.15, 0.2) is 54.4 Å². The van der Waals surface area contributed by atoms with Crippen LogP contribution in [-0.2, 0) is 4.79 Å². The third-order valence-corrected chi connectivity index (χ3v) is 5.42. The van der Waals surface area contributed by atoms with Crippen molar-refractivity contribution in [3.05, 3.63) is 75.5 Å². The summed E-state index contributed by atoms with van der Waals surface area (Å²) in [5.41, 5.74) is 2.93. The largest absolute Gasteiger partial charge is 0.506 e. The predicted molar refractivity (Wildman–Crippen MR) is 103 cm³/mol. The van der Waals surface area contributed by atoms with Crippen LogP contribution in [0.25, 0.3) is 11.3 Å². The van der Waals surface area contributed by atoms with Crippen LogP contribution in [-0.4, -0.2) is 21.0 Å². The molecule has 0 aliphatic heterocycles. The number of nitrogens with one attached hydrogen (secondary N) is 1. The molecule has 0 bridgehead atoms. The molecule has 0 saturated carbocycles. The molecule has 4 rings (SSSR count). The number of thiophene rings is 1. The Morgan fingerprint density at radius 2 is 2.08 bits per heavy atom. The van der Waals surface area contributed by atoms with Crippen molar-refractivity contribution in [1.29, 1.82) is 0 Å². The number of aromatic nitrogens is 2. The molecule has 0 saturated heterocycles. The average Bonchev–Trinajstić information content (AvgIpc) is 3.30. The molecular weight excluding hydrogens is 370 g/mol. The maximum absolute atomic E-state index is 12.8. The summed E-state index contributed by atoms with van der Waals surface area (Å²) in [5, 5.41) is 16.0. The fraction of sp³-hybridized carbons (Fsp3) is 0.105. The molecule has 0 spiro atoms. The van der Waals surface area contributed by atoms with E-state index in [2.05, 4.69) is 15.3 Å². The molecule has 0 radical (unpaired) electrons. The lowest BCUT2D eigenvalue weighted by molar-refractivity contribution is -0.117. The van der Waals surface area contributed by atoms with Crippen molar-refractivity contribution in [1.82, 2.24) is 9.97 Å². The number of amides is 1. The third kappa shape index (κ3) is 3.09. The van der Waals surface area contributed by atoms with Gasteiger partial charge in [0.05, 0.1) is 28.9 Å². The lowest BCUT2D eigenvalue weighted by atomic mass is 10.0. The molecule has 1 atom stereocenters. The predicted octanol–water partition coefficient (Wildman–Crippen LogP) is 4.74. The Labute approximate surface area is 159 Å². The topological polar surface area (TPSA) is 75.1 Å². The van der Waals surface area contributed by atoms with E-state index in [0.29, 0.717) is 17.1 Å². The van der Waals surface area contributed by atoms with Crippen molar-refractivity contribution in [2.24, 2.45) is 0 Å². The summed E-state index contributed by atoms with van der Waals surface area (Å²) in [7, 11) is 0. The van der Waals surface area contributed by atoms with Gasteiger partial charge in [0.2, 0.25) is 5.91 Å². The molecule has 1 aliphatic rings. The second-order valence-electron chi connectivity index (χ2n) is 5.91. The number of rotatable bonds is 3. The lowest BCUT2D eigenvalue weighted by Gasteiger charge is -2.11. The van der Waals surface area contributed by atoms with E-state index >= 15 is 0 Å². The fourth-order valence-electron chi connectivity index (χ4n) is 3.13. The van der Waals surface area contributed by atoms with Gasteiger partial charge in [-0.1, -0.05) is 23.7 Å². The van der Waals surface area contributed by atoms with Crippen molar-refractivity contribution in [3.63, 3.8) is 0 Å². The van der Waals surface area contributed by atoms with E-state index in [0.717, 1.165) is 21.6 Å². The zero-order valence-corrected chi connectivity index (χ0v) is 15.1.